The molecule has 8 heteroatoms. The van der Waals surface area contributed by atoms with Crippen molar-refractivity contribution >= 4 is 43.6 Å². The number of fused-ring (bicyclic) bond motifs is 6. The van der Waals surface area contributed by atoms with E-state index in [1.54, 1.807) is 6.07 Å². The van der Waals surface area contributed by atoms with Crippen molar-refractivity contribution in [3.8, 4) is 67.0 Å². The van der Waals surface area contributed by atoms with E-state index in [1.165, 1.54) is 6.07 Å². The van der Waals surface area contributed by atoms with E-state index in [9.17, 15) is 0 Å². The van der Waals surface area contributed by atoms with Gasteiger partial charge < -0.3 is 9.13 Å². The highest BCUT2D eigenvalue weighted by molar-refractivity contribution is 6.14. The zero-order chi connectivity index (χ0) is 58.2. The summed E-state index contributed by atoms with van der Waals surface area (Å²) in [6, 6.07) is 48.8. The summed E-state index contributed by atoms with van der Waals surface area (Å²) in [7, 11) is 0. The van der Waals surface area contributed by atoms with Crippen molar-refractivity contribution in [2.45, 2.75) is 95.4 Å². The Hall–Kier alpha value is -8.62. The molecule has 0 aliphatic rings. The number of hydrogen-bond donors (Lipinski definition) is 0. The number of aryl methyl sites for hydroxylation is 12. The quantitative estimate of drug-likeness (QED) is 0.141. The molecule has 0 fully saturated rings. The van der Waals surface area contributed by atoms with E-state index in [2.05, 4.69) is 128 Å². The summed E-state index contributed by atoms with van der Waals surface area (Å²) in [6.45, 7) is 24.7. The van der Waals surface area contributed by atoms with Crippen LogP contribution < -0.4 is 0 Å². The molecule has 2 nitrogen and oxygen atoms in total. The molecule has 0 radical (unpaired) electrons. The fourth-order valence-electron chi connectivity index (χ4n) is 14.0. The Morgan fingerprint density at radius 2 is 0.512 bits per heavy atom. The SMILES string of the molecule is Cc1cc(C)c(-c2ccc3c4ccc(-c5c(C)cc(C)cc5C)cc4n(-c4cc(C(F)(F)F)cc(-n5c6cc(-c7c(C)cc(C)cc7C)ccc6c6ccc(-c7c(C)cc(C)cc7C)cc65)c4-c4cccc(C(F)(F)F)c4)c3c2)c(C)c1. The number of benzene rings is 10. The molecule has 0 aliphatic carbocycles. The summed E-state index contributed by atoms with van der Waals surface area (Å²) in [5.41, 5.74) is 21.1. The van der Waals surface area contributed by atoms with Crippen LogP contribution in [-0.2, 0) is 12.4 Å². The largest absolute Gasteiger partial charge is 0.416 e. The second-order valence-corrected chi connectivity index (χ2v) is 23.2. The lowest BCUT2D eigenvalue weighted by atomic mass is 9.92. The Labute approximate surface area is 474 Å². The van der Waals surface area contributed by atoms with Gasteiger partial charge in [0.2, 0.25) is 0 Å². The van der Waals surface area contributed by atoms with Crippen LogP contribution >= 0.6 is 0 Å². The molecule has 10 aromatic carbocycles. The summed E-state index contributed by atoms with van der Waals surface area (Å²) >= 11 is 0. The third-order valence-electron chi connectivity index (χ3n) is 16.8. The van der Waals surface area contributed by atoms with Gasteiger partial charge in [0.1, 0.15) is 0 Å². The lowest BCUT2D eigenvalue weighted by Crippen LogP contribution is -2.12. The van der Waals surface area contributed by atoms with Gasteiger partial charge in [0, 0.05) is 27.1 Å². The Kier molecular flexibility index (Phi) is 12.9. The summed E-state index contributed by atoms with van der Waals surface area (Å²) in [6.07, 6.45) is -9.70. The van der Waals surface area contributed by atoms with Gasteiger partial charge in [-0.2, -0.15) is 26.3 Å². The van der Waals surface area contributed by atoms with Crippen LogP contribution in [0.25, 0.3) is 111 Å². The van der Waals surface area contributed by atoms with Crippen LogP contribution in [0, 0.1) is 83.1 Å². The molecular formula is C74H62F6N2. The van der Waals surface area contributed by atoms with Crippen LogP contribution in [0.2, 0.25) is 0 Å². The fraction of sp³-hybridized carbons (Fsp3) is 0.189. The predicted molar refractivity (Wildman–Crippen MR) is 329 cm³/mol. The molecular weight excluding hydrogens is 1030 g/mol. The Morgan fingerprint density at radius 3 is 0.768 bits per heavy atom. The number of hydrogen-bond acceptors (Lipinski definition) is 0. The Balaban J connectivity index is 1.31. The van der Waals surface area contributed by atoms with Crippen molar-refractivity contribution in [2.24, 2.45) is 0 Å². The predicted octanol–water partition coefficient (Wildman–Crippen LogP) is 22.0. The zero-order valence-electron chi connectivity index (χ0n) is 48.2. The van der Waals surface area contributed by atoms with Crippen molar-refractivity contribution < 1.29 is 26.3 Å². The number of halogens is 6. The third kappa shape index (κ3) is 9.08. The van der Waals surface area contributed by atoms with E-state index in [0.29, 0.717) is 22.1 Å². The summed E-state index contributed by atoms with van der Waals surface area (Å²) in [4.78, 5) is 0. The van der Waals surface area contributed by atoms with Gasteiger partial charge >= 0.3 is 12.4 Å². The molecule has 2 heterocycles. The zero-order valence-corrected chi connectivity index (χ0v) is 48.2. The highest BCUT2D eigenvalue weighted by Crippen LogP contribution is 2.49. The van der Waals surface area contributed by atoms with Crippen LogP contribution in [0.4, 0.5) is 26.3 Å². The van der Waals surface area contributed by atoms with Crippen LogP contribution in [0.5, 0.6) is 0 Å². The Bertz CT molecular complexity index is 4090. The molecule has 0 saturated carbocycles. The van der Waals surface area contributed by atoms with Crippen LogP contribution in [0.15, 0.2) is 158 Å². The molecule has 0 unspecified atom stereocenters. The van der Waals surface area contributed by atoms with Gasteiger partial charge in [-0.25, -0.2) is 0 Å². The molecule has 0 bridgehead atoms. The molecule has 0 amide bonds. The molecule has 0 saturated heterocycles. The molecule has 0 atom stereocenters. The minimum absolute atomic E-state index is 0.0749. The topological polar surface area (TPSA) is 9.86 Å². The lowest BCUT2D eigenvalue weighted by Gasteiger charge is -2.24. The molecule has 0 N–H and O–H groups in total. The number of alkyl halides is 6. The van der Waals surface area contributed by atoms with Gasteiger partial charge in [-0.05, 0) is 226 Å². The summed E-state index contributed by atoms with van der Waals surface area (Å²) < 4.78 is 99.2. The maximum absolute atomic E-state index is 16.5. The number of rotatable bonds is 7. The third-order valence-corrected chi connectivity index (χ3v) is 16.8. The normalized spacial score (nSPS) is 12.3. The molecule has 410 valence electrons. The van der Waals surface area contributed by atoms with Crippen molar-refractivity contribution in [1.82, 2.24) is 9.13 Å². The first-order valence-electron chi connectivity index (χ1n) is 27.8. The number of aromatic nitrogens is 2. The highest BCUT2D eigenvalue weighted by Gasteiger charge is 2.36. The van der Waals surface area contributed by atoms with E-state index in [4.69, 9.17) is 0 Å². The number of nitrogens with zero attached hydrogens (tertiary/aromatic N) is 2. The molecule has 0 aliphatic heterocycles. The molecule has 2 aromatic heterocycles. The van der Waals surface area contributed by atoms with E-state index in [0.717, 1.165) is 157 Å². The van der Waals surface area contributed by atoms with Crippen molar-refractivity contribution in [2.75, 3.05) is 0 Å². The molecule has 12 aromatic rings. The van der Waals surface area contributed by atoms with Gasteiger partial charge in [0.25, 0.3) is 0 Å². The first kappa shape index (κ1) is 54.0. The fourth-order valence-corrected chi connectivity index (χ4v) is 14.0. The van der Waals surface area contributed by atoms with Crippen molar-refractivity contribution in [1.29, 1.82) is 0 Å². The van der Waals surface area contributed by atoms with E-state index >= 15 is 26.3 Å². The van der Waals surface area contributed by atoms with Crippen LogP contribution in [-0.4, -0.2) is 9.13 Å². The van der Waals surface area contributed by atoms with E-state index in [-0.39, 0.29) is 22.5 Å². The van der Waals surface area contributed by atoms with Gasteiger partial charge in [-0.15, -0.1) is 0 Å². The van der Waals surface area contributed by atoms with Crippen LogP contribution in [0.3, 0.4) is 0 Å². The minimum atomic E-state index is -4.92. The van der Waals surface area contributed by atoms with Gasteiger partial charge in [0.05, 0.1) is 44.6 Å². The minimum Gasteiger partial charge on any atom is -0.308 e. The van der Waals surface area contributed by atoms with Gasteiger partial charge in [0.15, 0.2) is 0 Å². The highest BCUT2D eigenvalue weighted by atomic mass is 19.4. The standard InChI is InChI=1S/C74H62F6N2/c1-39-24-43(5)68(44(6)25-39)52-16-20-58-59-21-17-53(69-45(7)26-40(2)27-46(69)8)34-63(59)81(62(58)33-52)66-37-57(74(78,79)80)38-67(72(66)51-14-13-15-56(32-51)73(75,76)77)82-64-35-54(70-47(9)28-41(3)29-48(70)10)18-22-60(64)61-23-19-55(36-65(61)82)71-49(11)30-42(4)31-50(71)12/h13-38H,1-12H3. The second kappa shape index (κ2) is 19.5. The maximum Gasteiger partial charge on any atom is 0.416 e. The maximum atomic E-state index is 16.5. The first-order chi connectivity index (χ1) is 38.8. The summed E-state index contributed by atoms with van der Waals surface area (Å²) in [5.74, 6) is 0. The molecule has 12 rings (SSSR count). The molecule has 82 heavy (non-hydrogen) atoms. The smallest absolute Gasteiger partial charge is 0.308 e. The van der Waals surface area contributed by atoms with E-state index < -0.39 is 23.5 Å². The van der Waals surface area contributed by atoms with Gasteiger partial charge in [-0.3, -0.25) is 0 Å². The average Bonchev–Trinajstić information content (AvgIpc) is 4.00. The second-order valence-electron chi connectivity index (χ2n) is 23.2. The summed E-state index contributed by atoms with van der Waals surface area (Å²) in [5, 5.41) is 3.10. The van der Waals surface area contributed by atoms with E-state index in [1.807, 2.05) is 85.4 Å². The monoisotopic (exact) mass is 1090 g/mol. The van der Waals surface area contributed by atoms with Crippen molar-refractivity contribution in [3.05, 3.63) is 236 Å². The van der Waals surface area contributed by atoms with Gasteiger partial charge in [-0.1, -0.05) is 131 Å². The molecule has 0 spiro atoms. The first-order valence-corrected chi connectivity index (χ1v) is 27.8. The van der Waals surface area contributed by atoms with Crippen LogP contribution in [0.1, 0.15) is 77.9 Å². The average molecular weight is 1090 g/mol. The Morgan fingerprint density at radius 1 is 0.256 bits per heavy atom. The van der Waals surface area contributed by atoms with Crippen molar-refractivity contribution in [3.63, 3.8) is 0 Å². The lowest BCUT2D eigenvalue weighted by molar-refractivity contribution is -0.138.